The molecule has 0 saturated heterocycles. The first-order valence-corrected chi connectivity index (χ1v) is 10.1. The molecule has 1 heterocycles. The minimum Gasteiger partial charge on any atom is -0.498 e. The third-order valence-electron chi connectivity index (χ3n) is 5.12. The minimum absolute atomic E-state index is 0.0444. The summed E-state index contributed by atoms with van der Waals surface area (Å²) in [5.41, 5.74) is 3.91. The smallest absolute Gasteiger partial charge is 0.168 e. The molecule has 27 heavy (non-hydrogen) atoms. The van der Waals surface area contributed by atoms with Crippen LogP contribution in [0, 0.1) is 5.41 Å². The van der Waals surface area contributed by atoms with Gasteiger partial charge in [-0.05, 0) is 36.4 Å². The van der Waals surface area contributed by atoms with E-state index in [-0.39, 0.29) is 11.2 Å². The highest BCUT2D eigenvalue weighted by Crippen LogP contribution is 2.30. The van der Waals surface area contributed by atoms with Gasteiger partial charge in [-0.15, -0.1) is 0 Å². The molecule has 1 aliphatic heterocycles. The molecular weight excluding hydrogens is 357 g/mol. The van der Waals surface area contributed by atoms with E-state index >= 15 is 0 Å². The van der Waals surface area contributed by atoms with Crippen molar-refractivity contribution in [3.8, 4) is 0 Å². The van der Waals surface area contributed by atoms with Crippen LogP contribution in [0.2, 0.25) is 5.02 Å². The maximum atomic E-state index is 12.9. The van der Waals surface area contributed by atoms with E-state index < -0.39 is 0 Å². The molecule has 0 saturated carbocycles. The average molecular weight is 388 g/mol. The molecule has 5 heteroatoms. The quantitative estimate of drug-likeness (QED) is 0.395. The summed E-state index contributed by atoms with van der Waals surface area (Å²) in [6.45, 7) is 16.5. The summed E-state index contributed by atoms with van der Waals surface area (Å²) in [6, 6.07) is 3.90. The van der Waals surface area contributed by atoms with Crippen molar-refractivity contribution < 1.29 is 9.53 Å². The van der Waals surface area contributed by atoms with Gasteiger partial charge in [-0.2, -0.15) is 0 Å². The van der Waals surface area contributed by atoms with Crippen LogP contribution in [-0.2, 0) is 17.5 Å². The Morgan fingerprint density at radius 2 is 2.07 bits per heavy atom. The summed E-state index contributed by atoms with van der Waals surface area (Å²) in [5.74, 6) is 1.11. The Bertz CT molecular complexity index is 737. The van der Waals surface area contributed by atoms with E-state index in [1.807, 2.05) is 26.8 Å². The number of ketones is 1. The standard InChI is InChI=1S/C22H31BClNO2/c1-7-14(2)25-20-12-16-8-9-18(24)21(17(16)13-23-20)19(26)10-11-27-15(3)22(4,5)6/h8-9,20,23,25H,2-3,7,10-13H2,1,4-6H3/t20-/m0/s1. The van der Waals surface area contributed by atoms with E-state index in [1.165, 1.54) is 5.56 Å². The number of hydrogen-bond donors (Lipinski definition) is 1. The maximum Gasteiger partial charge on any atom is 0.168 e. The van der Waals surface area contributed by atoms with Crippen molar-refractivity contribution in [1.82, 2.24) is 5.32 Å². The molecule has 0 fully saturated rings. The van der Waals surface area contributed by atoms with Crippen LogP contribution in [0.4, 0.5) is 0 Å². The molecule has 1 aromatic rings. The topological polar surface area (TPSA) is 38.3 Å². The lowest BCUT2D eigenvalue weighted by Gasteiger charge is -2.28. The van der Waals surface area contributed by atoms with E-state index in [4.69, 9.17) is 16.3 Å². The third kappa shape index (κ3) is 5.65. The highest BCUT2D eigenvalue weighted by Gasteiger charge is 2.26. The molecule has 0 aromatic heterocycles. The molecule has 146 valence electrons. The zero-order valence-corrected chi connectivity index (χ0v) is 17.8. The molecule has 1 N–H and O–H groups in total. The van der Waals surface area contributed by atoms with Crippen LogP contribution in [0.25, 0.3) is 0 Å². The van der Waals surface area contributed by atoms with Crippen LogP contribution >= 0.6 is 11.6 Å². The van der Waals surface area contributed by atoms with Crippen LogP contribution in [0.15, 0.2) is 36.7 Å². The number of ether oxygens (including phenoxy) is 1. The first-order chi connectivity index (χ1) is 12.6. The Labute approximate surface area is 169 Å². The number of carbonyl (C=O) groups excluding carboxylic acids is 1. The summed E-state index contributed by atoms with van der Waals surface area (Å²) in [7, 11) is 0.976. The fourth-order valence-corrected chi connectivity index (χ4v) is 3.53. The molecule has 0 unspecified atom stereocenters. The van der Waals surface area contributed by atoms with Gasteiger partial charge in [0, 0.05) is 29.0 Å². The Morgan fingerprint density at radius 3 is 2.70 bits per heavy atom. The lowest BCUT2D eigenvalue weighted by Crippen LogP contribution is -2.40. The highest BCUT2D eigenvalue weighted by molar-refractivity contribution is 6.39. The summed E-state index contributed by atoms with van der Waals surface area (Å²) in [5, 5.41) is 4.03. The SMILES string of the molecule is C=C(CC)N[C@@H]1BCc2c(ccc(Cl)c2C(=O)CCOC(=C)C(C)(C)C)C1. The van der Waals surface area contributed by atoms with Crippen LogP contribution < -0.4 is 5.32 Å². The molecule has 1 atom stereocenters. The summed E-state index contributed by atoms with van der Waals surface area (Å²) >= 11 is 6.40. The number of rotatable bonds is 8. The zero-order valence-electron chi connectivity index (χ0n) is 17.1. The molecule has 1 aliphatic rings. The molecule has 1 aromatic carbocycles. The number of benzene rings is 1. The number of halogens is 1. The van der Waals surface area contributed by atoms with Gasteiger partial charge in [0.2, 0.25) is 0 Å². The molecule has 2 rings (SSSR count). The van der Waals surface area contributed by atoms with E-state index in [0.29, 0.717) is 35.3 Å². The normalized spacial score (nSPS) is 16.1. The third-order valence-corrected chi connectivity index (χ3v) is 5.44. The van der Waals surface area contributed by atoms with E-state index in [9.17, 15) is 4.79 Å². The van der Waals surface area contributed by atoms with Gasteiger partial charge in [0.15, 0.2) is 13.1 Å². The molecular formula is C22H31BClNO2. The first-order valence-electron chi connectivity index (χ1n) is 9.73. The van der Waals surface area contributed by atoms with Crippen LogP contribution in [0.1, 0.15) is 62.0 Å². The van der Waals surface area contributed by atoms with Gasteiger partial charge in [0.05, 0.1) is 17.4 Å². The number of Topliss-reactive ketones (excluding diaryl/α,β-unsaturated/α-hetero) is 1. The van der Waals surface area contributed by atoms with Crippen molar-refractivity contribution in [1.29, 1.82) is 0 Å². The largest absolute Gasteiger partial charge is 0.498 e. The Balaban J connectivity index is 2.08. The number of nitrogens with one attached hydrogen (secondary N) is 1. The number of hydrogen-bond acceptors (Lipinski definition) is 3. The highest BCUT2D eigenvalue weighted by atomic mass is 35.5. The second kappa shape index (κ2) is 9.01. The minimum atomic E-state index is -0.128. The van der Waals surface area contributed by atoms with Crippen molar-refractivity contribution in [2.24, 2.45) is 5.41 Å². The predicted molar refractivity (Wildman–Crippen MR) is 116 cm³/mol. The lowest BCUT2D eigenvalue weighted by molar-refractivity contribution is 0.0910. The van der Waals surface area contributed by atoms with Crippen molar-refractivity contribution in [2.45, 2.75) is 59.2 Å². The van der Waals surface area contributed by atoms with Crippen molar-refractivity contribution in [3.63, 3.8) is 0 Å². The van der Waals surface area contributed by atoms with Gasteiger partial charge < -0.3 is 10.1 Å². The molecule has 0 radical (unpaired) electrons. The Morgan fingerprint density at radius 1 is 1.37 bits per heavy atom. The molecule has 3 nitrogen and oxygen atoms in total. The first kappa shape index (κ1) is 21.6. The number of carbonyl (C=O) groups is 1. The van der Waals surface area contributed by atoms with Crippen molar-refractivity contribution in [2.75, 3.05) is 6.61 Å². The average Bonchev–Trinajstić information content (AvgIpc) is 2.60. The van der Waals surface area contributed by atoms with Gasteiger partial charge >= 0.3 is 0 Å². The Hall–Kier alpha value is -1.68. The van der Waals surface area contributed by atoms with E-state index in [2.05, 4.69) is 31.5 Å². The number of fused-ring (bicyclic) bond motifs is 1. The second-order valence-corrected chi connectivity index (χ2v) is 8.70. The maximum absolute atomic E-state index is 12.9. The summed E-state index contributed by atoms with van der Waals surface area (Å²) in [4.78, 5) is 12.9. The van der Waals surface area contributed by atoms with E-state index in [1.54, 1.807) is 0 Å². The van der Waals surface area contributed by atoms with Gasteiger partial charge in [-0.25, -0.2) is 0 Å². The summed E-state index contributed by atoms with van der Waals surface area (Å²) < 4.78 is 5.68. The zero-order chi connectivity index (χ0) is 20.2. The second-order valence-electron chi connectivity index (χ2n) is 8.30. The fraction of sp³-hybridized carbons (Fsp3) is 0.500. The van der Waals surface area contributed by atoms with Gasteiger partial charge in [-0.3, -0.25) is 4.79 Å². The summed E-state index contributed by atoms with van der Waals surface area (Å²) in [6.07, 6.45) is 2.97. The van der Waals surface area contributed by atoms with Crippen molar-refractivity contribution >= 4 is 24.7 Å². The lowest BCUT2D eigenvalue weighted by atomic mass is 9.57. The van der Waals surface area contributed by atoms with Gasteiger partial charge in [0.1, 0.15) is 0 Å². The van der Waals surface area contributed by atoms with Gasteiger partial charge in [-0.1, -0.05) is 58.5 Å². The molecule has 0 amide bonds. The van der Waals surface area contributed by atoms with Crippen LogP contribution in [0.5, 0.6) is 0 Å². The van der Waals surface area contributed by atoms with Gasteiger partial charge in [0.25, 0.3) is 0 Å². The van der Waals surface area contributed by atoms with Crippen LogP contribution in [-0.4, -0.2) is 25.6 Å². The molecule has 0 bridgehead atoms. The number of allylic oxidation sites excluding steroid dienone is 2. The molecule has 0 aliphatic carbocycles. The van der Waals surface area contributed by atoms with E-state index in [0.717, 1.165) is 37.7 Å². The molecule has 0 spiro atoms. The fourth-order valence-electron chi connectivity index (χ4n) is 3.25. The monoisotopic (exact) mass is 387 g/mol. The predicted octanol–water partition coefficient (Wildman–Crippen LogP) is 4.82. The van der Waals surface area contributed by atoms with Crippen LogP contribution in [0.3, 0.4) is 0 Å². The Kier molecular flexibility index (Phi) is 7.22. The van der Waals surface area contributed by atoms with Crippen molar-refractivity contribution in [3.05, 3.63) is 58.5 Å².